The molecule has 0 radical (unpaired) electrons. The van der Waals surface area contributed by atoms with Crippen LogP contribution in [0.25, 0.3) is 69.9 Å². The van der Waals surface area contributed by atoms with Gasteiger partial charge in [-0.3, -0.25) is 0 Å². The summed E-state index contributed by atoms with van der Waals surface area (Å²) < 4.78 is 5.08. The lowest BCUT2D eigenvalue weighted by Crippen LogP contribution is -2.16. The Morgan fingerprint density at radius 3 is 1.91 bits per heavy atom. The number of aromatic nitrogens is 1. The van der Waals surface area contributed by atoms with Gasteiger partial charge in [-0.25, -0.2) is 0 Å². The minimum absolute atomic E-state index is 0.180. The molecule has 2 aromatic heterocycles. The highest BCUT2D eigenvalue weighted by atomic mass is 32.1. The molecule has 1 aliphatic carbocycles. The van der Waals surface area contributed by atoms with Gasteiger partial charge in [-0.15, -0.1) is 11.3 Å². The second-order valence-corrected chi connectivity index (χ2v) is 16.0. The zero-order valence-electron chi connectivity index (χ0n) is 30.1. The fraction of sp³-hybridized carbons (Fsp3) is 0.0588. The maximum atomic E-state index is 2.46. The SMILES string of the molecule is CC1(C)c2cc(-c3cccc4c3sc3ccccc34)ccc2-c2ccc(N(c3ccccc3)c3ccc4c(c3)c3ccccc3n4-c3ccccc3)cc21. The lowest BCUT2D eigenvalue weighted by Gasteiger charge is -2.28. The van der Waals surface area contributed by atoms with Gasteiger partial charge in [0.15, 0.2) is 0 Å². The molecule has 8 aromatic carbocycles. The first-order chi connectivity index (χ1) is 26.5. The Balaban J connectivity index is 1.05. The van der Waals surface area contributed by atoms with Crippen molar-refractivity contribution in [3.05, 3.63) is 193 Å². The van der Waals surface area contributed by atoms with Crippen molar-refractivity contribution >= 4 is 70.4 Å². The molecule has 1 aliphatic rings. The molecule has 0 saturated carbocycles. The molecule has 0 saturated heterocycles. The summed E-state index contributed by atoms with van der Waals surface area (Å²) in [6.45, 7) is 4.78. The number of thiophene rings is 1. The van der Waals surface area contributed by atoms with Crippen LogP contribution in [0.4, 0.5) is 17.1 Å². The van der Waals surface area contributed by atoms with Crippen molar-refractivity contribution in [3.63, 3.8) is 0 Å². The van der Waals surface area contributed by atoms with Crippen molar-refractivity contribution in [1.82, 2.24) is 4.57 Å². The second-order valence-electron chi connectivity index (χ2n) is 15.0. The summed E-state index contributed by atoms with van der Waals surface area (Å²) in [6, 6.07) is 66.9. The van der Waals surface area contributed by atoms with Crippen molar-refractivity contribution in [2.24, 2.45) is 0 Å². The van der Waals surface area contributed by atoms with Crippen LogP contribution >= 0.6 is 11.3 Å². The number of hydrogen-bond donors (Lipinski definition) is 0. The molecule has 11 rings (SSSR count). The molecule has 0 atom stereocenters. The number of rotatable bonds is 5. The topological polar surface area (TPSA) is 8.17 Å². The molecule has 0 unspecified atom stereocenters. The number of nitrogens with zero attached hydrogens (tertiary/aromatic N) is 2. The molecular weight excluding hydrogens is 673 g/mol. The second kappa shape index (κ2) is 11.8. The monoisotopic (exact) mass is 708 g/mol. The molecule has 2 nitrogen and oxygen atoms in total. The van der Waals surface area contributed by atoms with Crippen LogP contribution in [0.5, 0.6) is 0 Å². The van der Waals surface area contributed by atoms with E-state index in [1.165, 1.54) is 81.0 Å². The van der Waals surface area contributed by atoms with E-state index in [1.54, 1.807) is 0 Å². The lowest BCUT2D eigenvalue weighted by molar-refractivity contribution is 0.660. The van der Waals surface area contributed by atoms with E-state index < -0.39 is 0 Å². The molecule has 0 N–H and O–H groups in total. The number of fused-ring (bicyclic) bond motifs is 9. The van der Waals surface area contributed by atoms with Gasteiger partial charge < -0.3 is 9.47 Å². The molecule has 0 fully saturated rings. The van der Waals surface area contributed by atoms with Crippen LogP contribution in [0.2, 0.25) is 0 Å². The summed E-state index contributed by atoms with van der Waals surface area (Å²) >= 11 is 1.90. The Labute approximate surface area is 318 Å². The van der Waals surface area contributed by atoms with E-state index in [1.807, 2.05) is 11.3 Å². The van der Waals surface area contributed by atoms with E-state index in [-0.39, 0.29) is 5.41 Å². The molecule has 256 valence electrons. The average Bonchev–Trinajstić information content (AvgIpc) is 3.84. The van der Waals surface area contributed by atoms with Crippen molar-refractivity contribution in [2.75, 3.05) is 4.90 Å². The molecule has 10 aromatic rings. The van der Waals surface area contributed by atoms with Crippen LogP contribution < -0.4 is 4.90 Å². The summed E-state index contributed by atoms with van der Waals surface area (Å²) in [5.74, 6) is 0. The quantitative estimate of drug-likeness (QED) is 0.173. The molecular formula is C51H36N2S. The predicted molar refractivity (Wildman–Crippen MR) is 231 cm³/mol. The van der Waals surface area contributed by atoms with Crippen LogP contribution in [0.3, 0.4) is 0 Å². The fourth-order valence-corrected chi connectivity index (χ4v) is 10.2. The van der Waals surface area contributed by atoms with E-state index in [2.05, 4.69) is 205 Å². The lowest BCUT2D eigenvalue weighted by atomic mass is 9.81. The van der Waals surface area contributed by atoms with Gasteiger partial charge in [0.05, 0.1) is 11.0 Å². The van der Waals surface area contributed by atoms with Gasteiger partial charge in [0.25, 0.3) is 0 Å². The summed E-state index contributed by atoms with van der Waals surface area (Å²) in [7, 11) is 0. The van der Waals surface area contributed by atoms with E-state index in [4.69, 9.17) is 0 Å². The van der Waals surface area contributed by atoms with Crippen LogP contribution in [-0.2, 0) is 5.41 Å². The molecule has 54 heavy (non-hydrogen) atoms. The van der Waals surface area contributed by atoms with Gasteiger partial charge in [0, 0.05) is 59.1 Å². The maximum Gasteiger partial charge on any atom is 0.0542 e. The molecule has 3 heteroatoms. The van der Waals surface area contributed by atoms with Crippen molar-refractivity contribution in [1.29, 1.82) is 0 Å². The normalized spacial score (nSPS) is 13.1. The molecule has 2 heterocycles. The van der Waals surface area contributed by atoms with E-state index in [9.17, 15) is 0 Å². The zero-order chi connectivity index (χ0) is 36.0. The van der Waals surface area contributed by atoms with Crippen LogP contribution in [0.15, 0.2) is 182 Å². The molecule has 0 aliphatic heterocycles. The Morgan fingerprint density at radius 1 is 0.444 bits per heavy atom. The van der Waals surface area contributed by atoms with Gasteiger partial charge in [0.2, 0.25) is 0 Å². The highest BCUT2D eigenvalue weighted by Crippen LogP contribution is 2.52. The van der Waals surface area contributed by atoms with Crippen molar-refractivity contribution in [3.8, 4) is 27.9 Å². The van der Waals surface area contributed by atoms with E-state index in [0.717, 1.165) is 17.1 Å². The summed E-state index contributed by atoms with van der Waals surface area (Å²) in [5, 5.41) is 5.16. The Kier molecular flexibility index (Phi) is 6.80. The molecule has 0 spiro atoms. The summed E-state index contributed by atoms with van der Waals surface area (Å²) in [5.41, 5.74) is 14.8. The van der Waals surface area contributed by atoms with Gasteiger partial charge in [0.1, 0.15) is 0 Å². The van der Waals surface area contributed by atoms with Crippen LogP contribution in [0.1, 0.15) is 25.0 Å². The Hall–Kier alpha value is -6.42. The van der Waals surface area contributed by atoms with Gasteiger partial charge >= 0.3 is 0 Å². The third-order valence-electron chi connectivity index (χ3n) is 11.6. The smallest absolute Gasteiger partial charge is 0.0542 e. The number of hydrogen-bond acceptors (Lipinski definition) is 2. The summed E-state index contributed by atoms with van der Waals surface area (Å²) in [4.78, 5) is 2.42. The first-order valence-electron chi connectivity index (χ1n) is 18.7. The first kappa shape index (κ1) is 31.1. The number of para-hydroxylation sites is 3. The van der Waals surface area contributed by atoms with Crippen LogP contribution in [0, 0.1) is 0 Å². The highest BCUT2D eigenvalue weighted by molar-refractivity contribution is 7.26. The number of anilines is 3. The van der Waals surface area contributed by atoms with E-state index in [0.29, 0.717) is 0 Å². The van der Waals surface area contributed by atoms with Crippen molar-refractivity contribution in [2.45, 2.75) is 19.3 Å². The minimum atomic E-state index is -0.180. The zero-order valence-corrected chi connectivity index (χ0v) is 30.9. The predicted octanol–water partition coefficient (Wildman–Crippen LogP) is 14.6. The summed E-state index contributed by atoms with van der Waals surface area (Å²) in [6.07, 6.45) is 0. The first-order valence-corrected chi connectivity index (χ1v) is 19.5. The largest absolute Gasteiger partial charge is 0.310 e. The minimum Gasteiger partial charge on any atom is -0.310 e. The third-order valence-corrected chi connectivity index (χ3v) is 12.8. The van der Waals surface area contributed by atoms with Crippen LogP contribution in [-0.4, -0.2) is 4.57 Å². The van der Waals surface area contributed by atoms with Gasteiger partial charge in [-0.2, -0.15) is 0 Å². The standard InChI is InChI=1S/C51H36N2S/c1-51(2)45-30-33(38-20-13-21-43-42-19-10-12-23-49(42)54-50(38)43)24-27-39(45)40-28-25-37(32-46(40)51)52(34-14-5-3-6-15-34)36-26-29-48-44(31-36)41-18-9-11-22-47(41)53(48)35-16-7-4-8-17-35/h3-32H,1-2H3. The number of benzene rings is 8. The molecule has 0 bridgehead atoms. The van der Waals surface area contributed by atoms with E-state index >= 15 is 0 Å². The third kappa shape index (κ3) is 4.58. The Bertz CT molecular complexity index is 3080. The maximum absolute atomic E-state index is 2.46. The van der Waals surface area contributed by atoms with Gasteiger partial charge in [-0.05, 0) is 106 Å². The fourth-order valence-electron chi connectivity index (χ4n) is 8.99. The van der Waals surface area contributed by atoms with Crippen molar-refractivity contribution < 1.29 is 0 Å². The average molecular weight is 709 g/mol. The Morgan fingerprint density at radius 2 is 1.07 bits per heavy atom. The molecule has 0 amide bonds. The van der Waals surface area contributed by atoms with Gasteiger partial charge in [-0.1, -0.05) is 123 Å². The highest BCUT2D eigenvalue weighted by Gasteiger charge is 2.36.